The fourth-order valence-electron chi connectivity index (χ4n) is 1.16. The van der Waals surface area contributed by atoms with E-state index in [4.69, 9.17) is 9.26 Å². The van der Waals surface area contributed by atoms with E-state index in [1.807, 2.05) is 40.7 Å². The first kappa shape index (κ1) is 13.5. The predicted octanol–water partition coefficient (Wildman–Crippen LogP) is 2.82. The van der Waals surface area contributed by atoms with Crippen molar-refractivity contribution in [2.24, 2.45) is 0 Å². The highest BCUT2D eigenvalue weighted by molar-refractivity contribution is 5.67. The lowest BCUT2D eigenvalue weighted by Gasteiger charge is -2.19. The van der Waals surface area contributed by atoms with Crippen molar-refractivity contribution >= 4 is 6.09 Å². The summed E-state index contributed by atoms with van der Waals surface area (Å²) in [6.45, 7) is 9.80. The molecule has 0 saturated carbocycles. The second kappa shape index (κ2) is 5.21. The van der Waals surface area contributed by atoms with Gasteiger partial charge in [-0.2, -0.15) is 0 Å². The van der Waals surface area contributed by atoms with Gasteiger partial charge in [0, 0.05) is 6.07 Å². The van der Waals surface area contributed by atoms with Crippen molar-refractivity contribution in [1.82, 2.24) is 10.5 Å². The minimum Gasteiger partial charge on any atom is -0.444 e. The van der Waals surface area contributed by atoms with Gasteiger partial charge in [0.2, 0.25) is 0 Å². The van der Waals surface area contributed by atoms with Crippen LogP contribution in [-0.2, 0) is 11.3 Å². The Labute approximate surface area is 102 Å². The number of alkyl carbamates (subject to hydrolysis) is 1. The summed E-state index contributed by atoms with van der Waals surface area (Å²) in [6.07, 6.45) is -0.458. The smallest absolute Gasteiger partial charge is 0.408 e. The number of carbonyl (C=O) groups is 1. The first-order valence-corrected chi connectivity index (χ1v) is 5.70. The molecule has 0 saturated heterocycles. The van der Waals surface area contributed by atoms with Gasteiger partial charge in [0.25, 0.3) is 0 Å². The van der Waals surface area contributed by atoms with Gasteiger partial charge in [0.05, 0.1) is 12.2 Å². The number of aromatic nitrogens is 1. The van der Waals surface area contributed by atoms with E-state index in [1.54, 1.807) is 0 Å². The molecule has 0 unspecified atom stereocenters. The van der Waals surface area contributed by atoms with E-state index in [1.165, 1.54) is 0 Å². The van der Waals surface area contributed by atoms with Gasteiger partial charge in [-0.15, -0.1) is 0 Å². The molecule has 0 fully saturated rings. The molecule has 1 rings (SSSR count). The SMILES string of the molecule is CC(C)c1cc(CNC(=O)OC(C)(C)C)on1. The third-order valence-electron chi connectivity index (χ3n) is 1.97. The molecule has 1 aromatic heterocycles. The fraction of sp³-hybridized carbons (Fsp3) is 0.667. The number of amides is 1. The summed E-state index contributed by atoms with van der Waals surface area (Å²) in [5.41, 5.74) is 0.389. The van der Waals surface area contributed by atoms with Crippen molar-refractivity contribution in [2.75, 3.05) is 0 Å². The van der Waals surface area contributed by atoms with E-state index in [9.17, 15) is 4.79 Å². The maximum atomic E-state index is 11.4. The van der Waals surface area contributed by atoms with Gasteiger partial charge in [-0.1, -0.05) is 19.0 Å². The van der Waals surface area contributed by atoms with Gasteiger partial charge in [-0.05, 0) is 26.7 Å². The van der Waals surface area contributed by atoms with Crippen LogP contribution in [0.3, 0.4) is 0 Å². The molecule has 0 atom stereocenters. The van der Waals surface area contributed by atoms with Gasteiger partial charge in [-0.3, -0.25) is 0 Å². The maximum absolute atomic E-state index is 11.4. The summed E-state index contributed by atoms with van der Waals surface area (Å²) in [6, 6.07) is 1.84. The Morgan fingerprint density at radius 1 is 1.53 bits per heavy atom. The Morgan fingerprint density at radius 3 is 2.65 bits per heavy atom. The standard InChI is InChI=1S/C12H20N2O3/c1-8(2)10-6-9(17-14-10)7-13-11(15)16-12(3,4)5/h6,8H,7H2,1-5H3,(H,13,15). The van der Waals surface area contributed by atoms with E-state index in [0.717, 1.165) is 5.69 Å². The van der Waals surface area contributed by atoms with E-state index >= 15 is 0 Å². The predicted molar refractivity (Wildman–Crippen MR) is 63.7 cm³/mol. The molecule has 0 aromatic carbocycles. The zero-order valence-corrected chi connectivity index (χ0v) is 11.0. The third-order valence-corrected chi connectivity index (χ3v) is 1.97. The van der Waals surface area contributed by atoms with Crippen LogP contribution in [0.2, 0.25) is 0 Å². The van der Waals surface area contributed by atoms with Gasteiger partial charge in [0.1, 0.15) is 5.60 Å². The van der Waals surface area contributed by atoms with Gasteiger partial charge >= 0.3 is 6.09 Å². The molecule has 0 radical (unpaired) electrons. The number of nitrogens with zero attached hydrogens (tertiary/aromatic N) is 1. The Kier molecular flexibility index (Phi) is 4.15. The molecule has 0 aliphatic carbocycles. The highest BCUT2D eigenvalue weighted by Gasteiger charge is 2.16. The molecule has 1 amide bonds. The van der Waals surface area contributed by atoms with Crippen molar-refractivity contribution in [1.29, 1.82) is 0 Å². The van der Waals surface area contributed by atoms with E-state index in [2.05, 4.69) is 10.5 Å². The molecule has 5 nitrogen and oxygen atoms in total. The fourth-order valence-corrected chi connectivity index (χ4v) is 1.16. The minimum absolute atomic E-state index is 0.286. The summed E-state index contributed by atoms with van der Waals surface area (Å²) in [4.78, 5) is 11.4. The van der Waals surface area contributed by atoms with Crippen molar-refractivity contribution in [3.63, 3.8) is 0 Å². The van der Waals surface area contributed by atoms with Crippen LogP contribution in [0.25, 0.3) is 0 Å². The van der Waals surface area contributed by atoms with Crippen LogP contribution in [0.15, 0.2) is 10.6 Å². The lowest BCUT2D eigenvalue weighted by atomic mass is 10.1. The summed E-state index contributed by atoms with van der Waals surface area (Å²) in [5.74, 6) is 0.939. The normalized spacial score (nSPS) is 11.6. The zero-order valence-electron chi connectivity index (χ0n) is 11.0. The molecule has 1 heterocycles. The molecule has 5 heteroatoms. The van der Waals surface area contributed by atoms with Gasteiger partial charge < -0.3 is 14.6 Å². The first-order chi connectivity index (χ1) is 7.78. The van der Waals surface area contributed by atoms with Crippen LogP contribution in [-0.4, -0.2) is 16.9 Å². The second-order valence-corrected chi connectivity index (χ2v) is 5.23. The van der Waals surface area contributed by atoms with E-state index in [-0.39, 0.29) is 6.54 Å². The largest absolute Gasteiger partial charge is 0.444 e. The molecule has 0 spiro atoms. The molecule has 96 valence electrons. The Morgan fingerprint density at radius 2 is 2.18 bits per heavy atom. The van der Waals surface area contributed by atoms with Crippen LogP contribution >= 0.6 is 0 Å². The van der Waals surface area contributed by atoms with Crippen LogP contribution in [0.1, 0.15) is 52.0 Å². The average Bonchev–Trinajstić information content (AvgIpc) is 2.60. The van der Waals surface area contributed by atoms with E-state index in [0.29, 0.717) is 11.7 Å². The number of nitrogens with one attached hydrogen (secondary N) is 1. The number of rotatable bonds is 3. The third kappa shape index (κ3) is 4.89. The lowest BCUT2D eigenvalue weighted by Crippen LogP contribution is -2.32. The molecule has 0 aliphatic rings. The molecule has 17 heavy (non-hydrogen) atoms. The summed E-state index contributed by atoms with van der Waals surface area (Å²) in [5, 5.41) is 6.51. The van der Waals surface area contributed by atoms with Crippen LogP contribution in [0, 0.1) is 0 Å². The molecule has 0 bridgehead atoms. The van der Waals surface area contributed by atoms with E-state index < -0.39 is 11.7 Å². The molecule has 0 aliphatic heterocycles. The number of hydrogen-bond acceptors (Lipinski definition) is 4. The second-order valence-electron chi connectivity index (χ2n) is 5.23. The zero-order chi connectivity index (χ0) is 13.1. The maximum Gasteiger partial charge on any atom is 0.408 e. The van der Waals surface area contributed by atoms with Crippen molar-refractivity contribution in [2.45, 2.75) is 52.7 Å². The van der Waals surface area contributed by atoms with Gasteiger partial charge in [-0.25, -0.2) is 4.79 Å². The number of hydrogen-bond donors (Lipinski definition) is 1. The highest BCUT2D eigenvalue weighted by Crippen LogP contribution is 2.14. The number of ether oxygens (including phenoxy) is 1. The topological polar surface area (TPSA) is 64.4 Å². The van der Waals surface area contributed by atoms with Crippen molar-refractivity contribution in [3.05, 3.63) is 17.5 Å². The Bertz CT molecular complexity index is 377. The molecular weight excluding hydrogens is 220 g/mol. The summed E-state index contributed by atoms with van der Waals surface area (Å²) < 4.78 is 10.2. The van der Waals surface area contributed by atoms with Crippen LogP contribution < -0.4 is 5.32 Å². The highest BCUT2D eigenvalue weighted by atomic mass is 16.6. The first-order valence-electron chi connectivity index (χ1n) is 5.70. The van der Waals surface area contributed by atoms with Gasteiger partial charge in [0.15, 0.2) is 5.76 Å². The summed E-state index contributed by atoms with van der Waals surface area (Å²) in [7, 11) is 0. The summed E-state index contributed by atoms with van der Waals surface area (Å²) >= 11 is 0. The number of carbonyl (C=O) groups excluding carboxylic acids is 1. The molecule has 1 N–H and O–H groups in total. The average molecular weight is 240 g/mol. The van der Waals surface area contributed by atoms with Crippen LogP contribution in [0.5, 0.6) is 0 Å². The van der Waals surface area contributed by atoms with Crippen LogP contribution in [0.4, 0.5) is 4.79 Å². The Balaban J connectivity index is 2.42. The quantitative estimate of drug-likeness (QED) is 0.882. The molecular formula is C12H20N2O3. The van der Waals surface area contributed by atoms with Crippen molar-refractivity contribution < 1.29 is 14.1 Å². The Hall–Kier alpha value is -1.52. The minimum atomic E-state index is -0.491. The van der Waals surface area contributed by atoms with Crippen molar-refractivity contribution in [3.8, 4) is 0 Å². The monoisotopic (exact) mass is 240 g/mol. The lowest BCUT2D eigenvalue weighted by molar-refractivity contribution is 0.0519. The molecule has 1 aromatic rings.